The molecule has 2 amide bonds. The van der Waals surface area contributed by atoms with Crippen LogP contribution in [0.2, 0.25) is 0 Å². The van der Waals surface area contributed by atoms with Crippen LogP contribution in [0.4, 0.5) is 10.1 Å². The van der Waals surface area contributed by atoms with E-state index in [0.29, 0.717) is 24.4 Å². The van der Waals surface area contributed by atoms with E-state index in [1.807, 2.05) is 0 Å². The van der Waals surface area contributed by atoms with Crippen molar-refractivity contribution in [2.45, 2.75) is 25.3 Å². The first kappa shape index (κ1) is 20.5. The summed E-state index contributed by atoms with van der Waals surface area (Å²) in [5.74, 6) is -0.453. The Morgan fingerprint density at radius 1 is 1.06 bits per heavy atom. The number of rotatable bonds is 5. The van der Waals surface area contributed by atoms with Crippen LogP contribution in [0.3, 0.4) is 0 Å². The van der Waals surface area contributed by atoms with Crippen LogP contribution in [0.1, 0.15) is 29.8 Å². The SMILES string of the molecule is O=C(Nc1ccc(Oc2ccccc2F)cc1)[C@@H]1CCCCN1C(=O)c1cnccn1. The van der Waals surface area contributed by atoms with Gasteiger partial charge in [0.2, 0.25) is 5.91 Å². The lowest BCUT2D eigenvalue weighted by atomic mass is 10.0. The van der Waals surface area contributed by atoms with E-state index in [1.165, 1.54) is 30.7 Å². The van der Waals surface area contributed by atoms with Crippen LogP contribution < -0.4 is 10.1 Å². The Bertz CT molecular complexity index is 1060. The number of benzene rings is 2. The summed E-state index contributed by atoms with van der Waals surface area (Å²) < 4.78 is 19.3. The fourth-order valence-electron chi connectivity index (χ4n) is 3.49. The number of nitrogens with one attached hydrogen (secondary N) is 1. The van der Waals surface area contributed by atoms with E-state index < -0.39 is 11.9 Å². The highest BCUT2D eigenvalue weighted by Crippen LogP contribution is 2.26. The summed E-state index contributed by atoms with van der Waals surface area (Å²) in [7, 11) is 0. The normalized spacial score (nSPS) is 15.9. The minimum Gasteiger partial charge on any atom is -0.454 e. The molecule has 1 saturated heterocycles. The van der Waals surface area contributed by atoms with Gasteiger partial charge in [-0.15, -0.1) is 0 Å². The van der Waals surface area contributed by atoms with Gasteiger partial charge in [0, 0.05) is 24.6 Å². The van der Waals surface area contributed by atoms with Gasteiger partial charge >= 0.3 is 0 Å². The second kappa shape index (κ2) is 9.34. The van der Waals surface area contributed by atoms with Crippen molar-refractivity contribution < 1.29 is 18.7 Å². The number of carbonyl (C=O) groups excluding carboxylic acids is 2. The van der Waals surface area contributed by atoms with Crippen LogP contribution >= 0.6 is 0 Å². The third-order valence-corrected chi connectivity index (χ3v) is 5.03. The molecule has 1 N–H and O–H groups in total. The van der Waals surface area contributed by atoms with Crippen molar-refractivity contribution in [3.8, 4) is 11.5 Å². The number of piperidine rings is 1. The molecule has 0 aliphatic carbocycles. The predicted molar refractivity (Wildman–Crippen MR) is 112 cm³/mol. The molecule has 1 aliphatic rings. The number of para-hydroxylation sites is 1. The highest BCUT2D eigenvalue weighted by atomic mass is 19.1. The molecule has 2 heterocycles. The summed E-state index contributed by atoms with van der Waals surface area (Å²) in [6.07, 6.45) is 6.62. The molecule has 1 aliphatic heterocycles. The number of ether oxygens (including phenoxy) is 1. The average molecular weight is 420 g/mol. The number of anilines is 1. The van der Waals surface area contributed by atoms with Crippen molar-refractivity contribution in [1.29, 1.82) is 0 Å². The number of hydrogen-bond acceptors (Lipinski definition) is 5. The maximum absolute atomic E-state index is 13.7. The third kappa shape index (κ3) is 4.85. The number of amides is 2. The van der Waals surface area contributed by atoms with Gasteiger partial charge in [-0.2, -0.15) is 0 Å². The van der Waals surface area contributed by atoms with E-state index in [2.05, 4.69) is 15.3 Å². The number of carbonyl (C=O) groups is 2. The maximum atomic E-state index is 13.7. The summed E-state index contributed by atoms with van der Waals surface area (Å²) >= 11 is 0. The molecule has 0 unspecified atom stereocenters. The molecule has 4 rings (SSSR count). The van der Waals surface area contributed by atoms with Crippen LogP contribution in [0.25, 0.3) is 0 Å². The lowest BCUT2D eigenvalue weighted by Crippen LogP contribution is -2.50. The van der Waals surface area contributed by atoms with E-state index in [4.69, 9.17) is 4.74 Å². The molecular formula is C23H21FN4O3. The summed E-state index contributed by atoms with van der Waals surface area (Å²) in [6, 6.07) is 12.2. The Balaban J connectivity index is 1.43. The molecule has 0 saturated carbocycles. The predicted octanol–water partition coefficient (Wildman–Crippen LogP) is 4.04. The Morgan fingerprint density at radius 3 is 2.61 bits per heavy atom. The summed E-state index contributed by atoms with van der Waals surface area (Å²) in [6.45, 7) is 0.489. The van der Waals surface area contributed by atoms with E-state index >= 15 is 0 Å². The van der Waals surface area contributed by atoms with Crippen LogP contribution in [-0.2, 0) is 4.79 Å². The number of aromatic nitrogens is 2. The van der Waals surface area contributed by atoms with Gasteiger partial charge in [-0.05, 0) is 55.7 Å². The molecule has 158 valence electrons. The Hall–Kier alpha value is -3.81. The fourth-order valence-corrected chi connectivity index (χ4v) is 3.49. The molecule has 1 aromatic heterocycles. The minimum atomic E-state index is -0.586. The first-order valence-corrected chi connectivity index (χ1v) is 10.0. The average Bonchev–Trinajstić information content (AvgIpc) is 2.82. The molecule has 7 nitrogen and oxygen atoms in total. The Kier molecular flexibility index (Phi) is 6.16. The second-order valence-electron chi connectivity index (χ2n) is 7.15. The highest BCUT2D eigenvalue weighted by Gasteiger charge is 2.33. The van der Waals surface area contributed by atoms with Crippen molar-refractivity contribution in [3.05, 3.63) is 78.6 Å². The lowest BCUT2D eigenvalue weighted by molar-refractivity contribution is -0.121. The lowest BCUT2D eigenvalue weighted by Gasteiger charge is -2.34. The topological polar surface area (TPSA) is 84.4 Å². The molecule has 3 aromatic rings. The van der Waals surface area contributed by atoms with E-state index in [0.717, 1.165) is 12.8 Å². The number of halogens is 1. The van der Waals surface area contributed by atoms with Crippen LogP contribution in [-0.4, -0.2) is 39.3 Å². The van der Waals surface area contributed by atoms with Crippen molar-refractivity contribution in [3.63, 3.8) is 0 Å². The first-order valence-electron chi connectivity index (χ1n) is 10.0. The molecule has 31 heavy (non-hydrogen) atoms. The van der Waals surface area contributed by atoms with Crippen molar-refractivity contribution in [2.24, 2.45) is 0 Å². The summed E-state index contributed by atoms with van der Waals surface area (Å²) in [4.78, 5) is 35.3. The summed E-state index contributed by atoms with van der Waals surface area (Å²) in [5, 5.41) is 2.85. The number of likely N-dealkylation sites (tertiary alicyclic amines) is 1. The van der Waals surface area contributed by atoms with Gasteiger partial charge in [0.15, 0.2) is 11.6 Å². The second-order valence-corrected chi connectivity index (χ2v) is 7.15. The smallest absolute Gasteiger partial charge is 0.274 e. The van der Waals surface area contributed by atoms with E-state index in [1.54, 1.807) is 41.3 Å². The van der Waals surface area contributed by atoms with Gasteiger partial charge in [0.25, 0.3) is 5.91 Å². The number of hydrogen-bond donors (Lipinski definition) is 1. The van der Waals surface area contributed by atoms with Crippen LogP contribution in [0.5, 0.6) is 11.5 Å². The van der Waals surface area contributed by atoms with Gasteiger partial charge in [-0.25, -0.2) is 9.37 Å². The highest BCUT2D eigenvalue weighted by molar-refractivity contribution is 6.00. The van der Waals surface area contributed by atoms with Crippen molar-refractivity contribution >= 4 is 17.5 Å². The molecule has 2 aromatic carbocycles. The molecule has 0 spiro atoms. The molecule has 0 radical (unpaired) electrons. The van der Waals surface area contributed by atoms with Gasteiger partial charge in [0.1, 0.15) is 17.5 Å². The van der Waals surface area contributed by atoms with Gasteiger partial charge < -0.3 is 15.0 Å². The Labute approximate surface area is 178 Å². The fraction of sp³-hybridized carbons (Fsp3) is 0.217. The van der Waals surface area contributed by atoms with Crippen LogP contribution in [0, 0.1) is 5.82 Å². The third-order valence-electron chi connectivity index (χ3n) is 5.03. The zero-order chi connectivity index (χ0) is 21.6. The number of nitrogens with zero attached hydrogens (tertiary/aromatic N) is 3. The first-order chi connectivity index (χ1) is 15.1. The molecular weight excluding hydrogens is 399 g/mol. The van der Waals surface area contributed by atoms with Gasteiger partial charge in [-0.3, -0.25) is 14.6 Å². The van der Waals surface area contributed by atoms with Gasteiger partial charge in [0.05, 0.1) is 6.20 Å². The standard InChI is InChI=1S/C23H21FN4O3/c24-18-5-1-2-7-21(18)31-17-10-8-16(9-11-17)27-22(29)20-6-3-4-14-28(20)23(30)19-15-25-12-13-26-19/h1-2,5,7-13,15,20H,3-4,6,14H2,(H,27,29)/t20-/m0/s1. The van der Waals surface area contributed by atoms with Crippen molar-refractivity contribution in [1.82, 2.24) is 14.9 Å². The molecule has 1 atom stereocenters. The zero-order valence-electron chi connectivity index (χ0n) is 16.7. The van der Waals surface area contributed by atoms with Crippen LogP contribution in [0.15, 0.2) is 67.1 Å². The van der Waals surface area contributed by atoms with Gasteiger partial charge in [-0.1, -0.05) is 12.1 Å². The minimum absolute atomic E-state index is 0.125. The quantitative estimate of drug-likeness (QED) is 0.673. The maximum Gasteiger partial charge on any atom is 0.274 e. The Morgan fingerprint density at radius 2 is 1.87 bits per heavy atom. The molecule has 0 bridgehead atoms. The van der Waals surface area contributed by atoms with Crippen molar-refractivity contribution in [2.75, 3.05) is 11.9 Å². The largest absolute Gasteiger partial charge is 0.454 e. The van der Waals surface area contributed by atoms with E-state index in [9.17, 15) is 14.0 Å². The molecule has 8 heteroatoms. The summed E-state index contributed by atoms with van der Waals surface area (Å²) in [5.41, 5.74) is 0.778. The molecule has 1 fully saturated rings. The zero-order valence-corrected chi connectivity index (χ0v) is 16.7. The monoisotopic (exact) mass is 420 g/mol. The van der Waals surface area contributed by atoms with E-state index in [-0.39, 0.29) is 23.3 Å².